The zero-order valence-electron chi connectivity index (χ0n) is 11.1. The van der Waals surface area contributed by atoms with Gasteiger partial charge in [0.2, 0.25) is 0 Å². The summed E-state index contributed by atoms with van der Waals surface area (Å²) >= 11 is 3.65. The van der Waals surface area contributed by atoms with Crippen molar-refractivity contribution in [2.24, 2.45) is 11.3 Å². The lowest BCUT2D eigenvalue weighted by Crippen LogP contribution is -2.36. The number of hydrogen-bond donors (Lipinski definition) is 0. The van der Waals surface area contributed by atoms with E-state index in [4.69, 9.17) is 0 Å². The molecule has 92 valence electrons. The van der Waals surface area contributed by atoms with Gasteiger partial charge in [0.05, 0.1) is 0 Å². The van der Waals surface area contributed by atoms with Crippen LogP contribution in [-0.2, 0) is 0 Å². The molecule has 0 aromatic rings. The maximum atomic E-state index is 3.65. The summed E-state index contributed by atoms with van der Waals surface area (Å²) in [5.41, 5.74) is 0.406. The van der Waals surface area contributed by atoms with E-state index < -0.39 is 0 Å². The number of hydrogen-bond acceptors (Lipinski definition) is 1. The molecule has 0 saturated carbocycles. The maximum absolute atomic E-state index is 3.65. The van der Waals surface area contributed by atoms with Crippen LogP contribution in [0.3, 0.4) is 0 Å². The second-order valence-electron chi connectivity index (χ2n) is 5.46. The van der Waals surface area contributed by atoms with Crippen molar-refractivity contribution in [3.63, 3.8) is 0 Å². The molecule has 1 unspecified atom stereocenters. The van der Waals surface area contributed by atoms with Crippen molar-refractivity contribution in [1.82, 2.24) is 4.90 Å². The summed E-state index contributed by atoms with van der Waals surface area (Å²) in [7, 11) is 0. The molecule has 0 N–H and O–H groups in total. The lowest BCUT2D eigenvalue weighted by molar-refractivity contribution is 0.169. The van der Waals surface area contributed by atoms with Crippen molar-refractivity contribution in [1.29, 1.82) is 0 Å². The van der Waals surface area contributed by atoms with Gasteiger partial charge < -0.3 is 4.90 Å². The van der Waals surface area contributed by atoms with Gasteiger partial charge in [-0.05, 0) is 30.8 Å². The number of rotatable bonds is 7. The first-order valence-corrected chi connectivity index (χ1v) is 7.36. The summed E-state index contributed by atoms with van der Waals surface area (Å²) in [6, 6.07) is 0. The summed E-state index contributed by atoms with van der Waals surface area (Å²) in [5.74, 6) is 0.745. The van der Waals surface area contributed by atoms with Gasteiger partial charge in [-0.1, -0.05) is 57.0 Å². The third kappa shape index (κ3) is 6.57. The first kappa shape index (κ1) is 15.4. The first-order chi connectivity index (χ1) is 6.95. The van der Waals surface area contributed by atoms with Crippen molar-refractivity contribution in [2.75, 3.05) is 25.0 Å². The minimum atomic E-state index is 0.406. The third-order valence-corrected chi connectivity index (χ3v) is 3.95. The first-order valence-electron chi connectivity index (χ1n) is 6.24. The van der Waals surface area contributed by atoms with E-state index >= 15 is 0 Å². The molecule has 15 heavy (non-hydrogen) atoms. The molecule has 0 aromatic heterocycles. The molecule has 0 fully saturated rings. The average Bonchev–Trinajstić information content (AvgIpc) is 2.16. The Hall–Kier alpha value is 0.440. The smallest absolute Gasteiger partial charge is 0.00768 e. The van der Waals surface area contributed by atoms with Gasteiger partial charge in [-0.25, -0.2) is 0 Å². The summed E-state index contributed by atoms with van der Waals surface area (Å²) in [6.45, 7) is 15.2. The Balaban J connectivity index is 4.12. The average molecular weight is 278 g/mol. The number of halogens is 1. The predicted molar refractivity (Wildman–Crippen MR) is 73.8 cm³/mol. The highest BCUT2D eigenvalue weighted by atomic mass is 79.9. The molecule has 0 saturated heterocycles. The number of alkyl halides is 1. The lowest BCUT2D eigenvalue weighted by atomic mass is 9.82. The largest absolute Gasteiger partial charge is 0.303 e. The molecular weight excluding hydrogens is 250 g/mol. The van der Waals surface area contributed by atoms with Crippen LogP contribution >= 0.6 is 15.9 Å². The van der Waals surface area contributed by atoms with Crippen LogP contribution in [-0.4, -0.2) is 29.9 Å². The topological polar surface area (TPSA) is 3.24 Å². The molecule has 0 aliphatic carbocycles. The van der Waals surface area contributed by atoms with Crippen molar-refractivity contribution >= 4 is 15.9 Å². The van der Waals surface area contributed by atoms with Crippen molar-refractivity contribution in [3.05, 3.63) is 0 Å². The molecule has 0 rings (SSSR count). The molecule has 1 atom stereocenters. The predicted octanol–water partition coefficient (Wildman–Crippen LogP) is 4.17. The SMILES string of the molecule is CCCCN(CC)CC(CBr)C(C)(C)C. The Kier molecular flexibility index (Phi) is 7.90. The van der Waals surface area contributed by atoms with Gasteiger partial charge in [0.15, 0.2) is 0 Å². The van der Waals surface area contributed by atoms with Gasteiger partial charge in [-0.3, -0.25) is 0 Å². The van der Waals surface area contributed by atoms with E-state index in [-0.39, 0.29) is 0 Å². The molecule has 0 bridgehead atoms. The van der Waals surface area contributed by atoms with Gasteiger partial charge in [-0.15, -0.1) is 0 Å². The monoisotopic (exact) mass is 277 g/mol. The summed E-state index contributed by atoms with van der Waals surface area (Å²) < 4.78 is 0. The van der Waals surface area contributed by atoms with Gasteiger partial charge in [0.25, 0.3) is 0 Å². The van der Waals surface area contributed by atoms with Crippen LogP contribution in [0.4, 0.5) is 0 Å². The second kappa shape index (κ2) is 7.67. The lowest BCUT2D eigenvalue weighted by Gasteiger charge is -2.34. The van der Waals surface area contributed by atoms with E-state index in [1.165, 1.54) is 32.5 Å². The molecule has 2 heteroatoms. The van der Waals surface area contributed by atoms with Crippen LogP contribution in [0.25, 0.3) is 0 Å². The standard InChI is InChI=1S/C13H28BrN/c1-6-8-9-15(7-2)11-12(10-14)13(3,4)5/h12H,6-11H2,1-5H3. The summed E-state index contributed by atoms with van der Waals surface area (Å²) in [4.78, 5) is 2.58. The van der Waals surface area contributed by atoms with E-state index in [1.807, 2.05) is 0 Å². The molecule has 0 aromatic carbocycles. The molecule has 0 amide bonds. The Morgan fingerprint density at radius 2 is 1.80 bits per heavy atom. The van der Waals surface area contributed by atoms with Gasteiger partial charge in [-0.2, -0.15) is 0 Å². The fraction of sp³-hybridized carbons (Fsp3) is 1.00. The van der Waals surface area contributed by atoms with Gasteiger partial charge >= 0.3 is 0 Å². The van der Waals surface area contributed by atoms with Crippen molar-refractivity contribution in [3.8, 4) is 0 Å². The molecule has 1 nitrogen and oxygen atoms in total. The molecule has 0 spiro atoms. The van der Waals surface area contributed by atoms with E-state index in [1.54, 1.807) is 0 Å². The van der Waals surface area contributed by atoms with Crippen LogP contribution in [0.5, 0.6) is 0 Å². The van der Waals surface area contributed by atoms with E-state index in [0.29, 0.717) is 5.41 Å². The molecule has 0 aliphatic heterocycles. The van der Waals surface area contributed by atoms with Gasteiger partial charge in [0.1, 0.15) is 0 Å². The number of unbranched alkanes of at least 4 members (excludes halogenated alkanes) is 1. The van der Waals surface area contributed by atoms with E-state index in [2.05, 4.69) is 55.4 Å². The molecule has 0 aliphatic rings. The zero-order valence-corrected chi connectivity index (χ0v) is 12.7. The molecule has 0 radical (unpaired) electrons. The molecule has 0 heterocycles. The minimum absolute atomic E-state index is 0.406. The fourth-order valence-corrected chi connectivity index (χ4v) is 2.80. The summed E-state index contributed by atoms with van der Waals surface area (Å²) in [5, 5.41) is 1.11. The highest BCUT2D eigenvalue weighted by molar-refractivity contribution is 9.09. The quantitative estimate of drug-likeness (QED) is 0.632. The van der Waals surface area contributed by atoms with E-state index in [0.717, 1.165) is 11.2 Å². The normalized spacial score (nSPS) is 14.6. The second-order valence-corrected chi connectivity index (χ2v) is 6.11. The van der Waals surface area contributed by atoms with E-state index in [9.17, 15) is 0 Å². The zero-order chi connectivity index (χ0) is 11.9. The van der Waals surface area contributed by atoms with Crippen LogP contribution in [0, 0.1) is 11.3 Å². The van der Waals surface area contributed by atoms with Crippen LogP contribution in [0.2, 0.25) is 0 Å². The van der Waals surface area contributed by atoms with Gasteiger partial charge in [0, 0.05) is 11.9 Å². The minimum Gasteiger partial charge on any atom is -0.303 e. The highest BCUT2D eigenvalue weighted by Gasteiger charge is 2.24. The molecular formula is C13H28BrN. The summed E-state index contributed by atoms with van der Waals surface area (Å²) in [6.07, 6.45) is 2.62. The Bertz CT molecular complexity index is 151. The fourth-order valence-electron chi connectivity index (χ4n) is 1.63. The maximum Gasteiger partial charge on any atom is 0.00768 e. The van der Waals surface area contributed by atoms with Crippen LogP contribution in [0.1, 0.15) is 47.5 Å². The number of nitrogens with zero attached hydrogens (tertiary/aromatic N) is 1. The Morgan fingerprint density at radius 1 is 1.20 bits per heavy atom. The van der Waals surface area contributed by atoms with Crippen LogP contribution in [0.15, 0.2) is 0 Å². The van der Waals surface area contributed by atoms with Crippen molar-refractivity contribution in [2.45, 2.75) is 47.5 Å². The Morgan fingerprint density at radius 3 is 2.13 bits per heavy atom. The van der Waals surface area contributed by atoms with Crippen molar-refractivity contribution < 1.29 is 0 Å². The third-order valence-electron chi connectivity index (χ3n) is 3.16. The van der Waals surface area contributed by atoms with Crippen LogP contribution < -0.4 is 0 Å². The highest BCUT2D eigenvalue weighted by Crippen LogP contribution is 2.28. The Labute approximate surface area is 105 Å².